The molecule has 0 aliphatic carbocycles. The van der Waals surface area contributed by atoms with Crippen molar-refractivity contribution in [2.45, 2.75) is 24.7 Å². The van der Waals surface area contributed by atoms with E-state index in [0.717, 1.165) is 0 Å². The van der Waals surface area contributed by atoms with Gasteiger partial charge < -0.3 is 15.4 Å². The van der Waals surface area contributed by atoms with Crippen LogP contribution in [-0.2, 0) is 19.6 Å². The maximum Gasteiger partial charge on any atom is 0.257 e. The number of aromatic nitrogens is 1. The van der Waals surface area contributed by atoms with Gasteiger partial charge in [-0.25, -0.2) is 8.42 Å². The smallest absolute Gasteiger partial charge is 0.257 e. The van der Waals surface area contributed by atoms with Crippen molar-refractivity contribution in [3.05, 3.63) is 48.8 Å². The average Bonchev–Trinajstić information content (AvgIpc) is 2.79. The highest BCUT2D eigenvalue weighted by molar-refractivity contribution is 7.89. The highest BCUT2D eigenvalue weighted by atomic mass is 32.2. The Hall–Kier alpha value is -2.98. The highest BCUT2D eigenvalue weighted by Gasteiger charge is 2.32. The van der Waals surface area contributed by atoms with Gasteiger partial charge >= 0.3 is 0 Å². The molecule has 0 atom stereocenters. The van der Waals surface area contributed by atoms with Crippen LogP contribution in [0.25, 0.3) is 0 Å². The van der Waals surface area contributed by atoms with Crippen LogP contribution < -0.4 is 15.4 Å². The van der Waals surface area contributed by atoms with Crippen molar-refractivity contribution in [2.75, 3.05) is 31.6 Å². The first-order valence-electron chi connectivity index (χ1n) is 10.1. The largest absolute Gasteiger partial charge is 0.484 e. The molecule has 1 saturated heterocycles. The number of nitrogens with zero attached hydrogens (tertiary/aromatic N) is 2. The second-order valence-electron chi connectivity index (χ2n) is 7.12. The van der Waals surface area contributed by atoms with E-state index in [-0.39, 0.29) is 42.3 Å². The summed E-state index contributed by atoms with van der Waals surface area (Å²) in [5, 5.41) is 5.50. The number of benzene rings is 1. The zero-order chi connectivity index (χ0) is 22.3. The third-order valence-electron chi connectivity index (χ3n) is 4.96. The van der Waals surface area contributed by atoms with Crippen LogP contribution in [0.2, 0.25) is 0 Å². The first-order valence-corrected chi connectivity index (χ1v) is 11.5. The Morgan fingerprint density at radius 2 is 1.87 bits per heavy atom. The van der Waals surface area contributed by atoms with Gasteiger partial charge in [0.05, 0.1) is 0 Å². The molecule has 2 heterocycles. The predicted octanol–water partition coefficient (Wildman–Crippen LogP) is 1.64. The summed E-state index contributed by atoms with van der Waals surface area (Å²) in [5.74, 6) is -0.0848. The molecule has 1 aliphatic rings. The van der Waals surface area contributed by atoms with Crippen LogP contribution in [0.15, 0.2) is 53.7 Å². The topological polar surface area (TPSA) is 118 Å². The number of hydrogen-bond donors (Lipinski definition) is 2. The Balaban J connectivity index is 1.49. The summed E-state index contributed by atoms with van der Waals surface area (Å²) in [6, 6.07) is 9.86. The first kappa shape index (κ1) is 22.7. The zero-order valence-corrected chi connectivity index (χ0v) is 18.1. The normalized spacial score (nSPS) is 15.3. The maximum atomic E-state index is 12.7. The molecule has 10 heteroatoms. The standard InChI is InChI=1S/C21H26N4O5S/c1-2-23-20(26)15-30-18-7-5-17(6-8-18)24-21(27)16-9-12-25(13-10-16)31(28,29)19-4-3-11-22-14-19/h3-8,11,14,16H,2,9-10,12-13,15H2,1H3,(H,23,26)(H,24,27). The molecule has 1 fully saturated rings. The first-order chi connectivity index (χ1) is 14.9. The third-order valence-corrected chi connectivity index (χ3v) is 6.84. The number of sulfonamides is 1. The minimum absolute atomic E-state index is 0.0694. The van der Waals surface area contributed by atoms with E-state index in [1.165, 1.54) is 22.8 Å². The molecule has 3 rings (SSSR count). The summed E-state index contributed by atoms with van der Waals surface area (Å²) in [6.07, 6.45) is 3.74. The minimum atomic E-state index is -3.59. The average molecular weight is 447 g/mol. The van der Waals surface area contributed by atoms with Crippen LogP contribution in [0.1, 0.15) is 19.8 Å². The lowest BCUT2D eigenvalue weighted by atomic mass is 9.97. The molecule has 0 spiro atoms. The van der Waals surface area contributed by atoms with Crippen LogP contribution in [-0.4, -0.2) is 55.8 Å². The number of pyridine rings is 1. The second kappa shape index (κ2) is 10.4. The molecular formula is C21H26N4O5S. The number of likely N-dealkylation sites (N-methyl/N-ethyl adjacent to an activating group) is 1. The fraction of sp³-hybridized carbons (Fsp3) is 0.381. The molecular weight excluding hydrogens is 420 g/mol. The number of carbonyl (C=O) groups excluding carboxylic acids is 2. The van der Waals surface area contributed by atoms with Crippen LogP contribution in [0.3, 0.4) is 0 Å². The Bertz CT molecular complexity index is 988. The quantitative estimate of drug-likeness (QED) is 0.637. The van der Waals surface area contributed by atoms with Gasteiger partial charge in [0.15, 0.2) is 6.61 Å². The van der Waals surface area contributed by atoms with Gasteiger partial charge in [0, 0.05) is 43.6 Å². The van der Waals surface area contributed by atoms with Crippen LogP contribution in [0.4, 0.5) is 5.69 Å². The summed E-state index contributed by atoms with van der Waals surface area (Å²) < 4.78 is 32.1. The fourth-order valence-electron chi connectivity index (χ4n) is 3.28. The predicted molar refractivity (Wildman–Crippen MR) is 115 cm³/mol. The van der Waals surface area contributed by atoms with Gasteiger partial charge in [0.25, 0.3) is 5.91 Å². The number of ether oxygens (including phenoxy) is 1. The van der Waals surface area contributed by atoms with E-state index in [2.05, 4.69) is 15.6 Å². The molecule has 0 unspecified atom stereocenters. The summed E-state index contributed by atoms with van der Waals surface area (Å²) in [6.45, 7) is 2.87. The second-order valence-corrected chi connectivity index (χ2v) is 9.06. The van der Waals surface area contributed by atoms with Crippen molar-refractivity contribution in [3.8, 4) is 5.75 Å². The van der Waals surface area contributed by atoms with Crippen molar-refractivity contribution < 1.29 is 22.7 Å². The Labute approximate surface area is 181 Å². The third kappa shape index (κ3) is 6.02. The summed E-state index contributed by atoms with van der Waals surface area (Å²) >= 11 is 0. The van der Waals surface area contributed by atoms with E-state index in [4.69, 9.17) is 4.74 Å². The van der Waals surface area contributed by atoms with Gasteiger partial charge in [0.2, 0.25) is 15.9 Å². The molecule has 2 aromatic rings. The van der Waals surface area contributed by atoms with Crippen LogP contribution in [0, 0.1) is 5.92 Å². The summed E-state index contributed by atoms with van der Waals surface area (Å²) in [5.41, 5.74) is 0.612. The molecule has 2 N–H and O–H groups in total. The summed E-state index contributed by atoms with van der Waals surface area (Å²) in [4.78, 5) is 28.1. The number of hydrogen-bond acceptors (Lipinski definition) is 6. The summed E-state index contributed by atoms with van der Waals surface area (Å²) in [7, 11) is -3.59. The van der Waals surface area contributed by atoms with Gasteiger partial charge in [-0.3, -0.25) is 14.6 Å². The minimum Gasteiger partial charge on any atom is -0.484 e. The zero-order valence-electron chi connectivity index (χ0n) is 17.3. The van der Waals surface area contributed by atoms with Gasteiger partial charge in [-0.1, -0.05) is 0 Å². The van der Waals surface area contributed by atoms with E-state index in [0.29, 0.717) is 30.8 Å². The molecule has 0 saturated carbocycles. The maximum absolute atomic E-state index is 12.7. The highest BCUT2D eigenvalue weighted by Crippen LogP contribution is 2.25. The van der Waals surface area contributed by atoms with Gasteiger partial charge in [0.1, 0.15) is 10.6 Å². The van der Waals surface area contributed by atoms with E-state index < -0.39 is 10.0 Å². The van der Waals surface area contributed by atoms with E-state index >= 15 is 0 Å². The Morgan fingerprint density at radius 1 is 1.16 bits per heavy atom. The van der Waals surface area contributed by atoms with Gasteiger partial charge in [-0.15, -0.1) is 0 Å². The van der Waals surface area contributed by atoms with Crippen molar-refractivity contribution in [2.24, 2.45) is 5.92 Å². The molecule has 166 valence electrons. The molecule has 31 heavy (non-hydrogen) atoms. The van der Waals surface area contributed by atoms with E-state index in [1.807, 2.05) is 6.92 Å². The SMILES string of the molecule is CCNC(=O)COc1ccc(NC(=O)C2CCN(S(=O)(=O)c3cccnc3)CC2)cc1. The lowest BCUT2D eigenvalue weighted by Gasteiger charge is -2.30. The molecule has 1 aromatic heterocycles. The van der Waals surface area contributed by atoms with Crippen molar-refractivity contribution >= 4 is 27.5 Å². The molecule has 0 radical (unpaired) electrons. The number of carbonyl (C=O) groups is 2. The molecule has 1 aromatic carbocycles. The van der Waals surface area contributed by atoms with Crippen molar-refractivity contribution in [3.63, 3.8) is 0 Å². The number of anilines is 1. The van der Waals surface area contributed by atoms with Crippen LogP contribution >= 0.6 is 0 Å². The van der Waals surface area contributed by atoms with Crippen molar-refractivity contribution in [1.29, 1.82) is 0 Å². The molecule has 0 bridgehead atoms. The number of nitrogens with one attached hydrogen (secondary N) is 2. The van der Waals surface area contributed by atoms with E-state index in [9.17, 15) is 18.0 Å². The van der Waals surface area contributed by atoms with E-state index in [1.54, 1.807) is 30.3 Å². The number of piperidine rings is 1. The molecule has 2 amide bonds. The van der Waals surface area contributed by atoms with Gasteiger partial charge in [-0.2, -0.15) is 4.31 Å². The molecule has 9 nitrogen and oxygen atoms in total. The van der Waals surface area contributed by atoms with Crippen molar-refractivity contribution in [1.82, 2.24) is 14.6 Å². The fourth-order valence-corrected chi connectivity index (χ4v) is 4.72. The lowest BCUT2D eigenvalue weighted by molar-refractivity contribution is -0.123. The van der Waals surface area contributed by atoms with Crippen LogP contribution in [0.5, 0.6) is 5.75 Å². The Kier molecular flexibility index (Phi) is 7.59. The Morgan fingerprint density at radius 3 is 2.48 bits per heavy atom. The van der Waals surface area contributed by atoms with Gasteiger partial charge in [-0.05, 0) is 56.2 Å². The number of amides is 2. The lowest BCUT2D eigenvalue weighted by Crippen LogP contribution is -2.41. The molecule has 1 aliphatic heterocycles. The number of rotatable bonds is 8. The monoisotopic (exact) mass is 446 g/mol.